The SMILES string of the molecule is CC/C=C\C=C/CCn1cc(OC)c(=O)nc1N[C@@H]1CCCc2ccccc21. The van der Waals surface area contributed by atoms with Gasteiger partial charge in [0.1, 0.15) is 0 Å². The van der Waals surface area contributed by atoms with E-state index in [0.717, 1.165) is 38.6 Å². The minimum Gasteiger partial charge on any atom is -0.490 e. The van der Waals surface area contributed by atoms with Gasteiger partial charge in [-0.15, -0.1) is 0 Å². The number of methoxy groups -OCH3 is 1. The average molecular weight is 380 g/mol. The molecule has 0 spiro atoms. The molecule has 0 radical (unpaired) electrons. The van der Waals surface area contributed by atoms with Gasteiger partial charge in [-0.2, -0.15) is 4.98 Å². The summed E-state index contributed by atoms with van der Waals surface area (Å²) in [7, 11) is 1.50. The minimum atomic E-state index is -0.341. The van der Waals surface area contributed by atoms with E-state index in [1.54, 1.807) is 6.20 Å². The normalized spacial score (nSPS) is 16.4. The van der Waals surface area contributed by atoms with Gasteiger partial charge in [0.05, 0.1) is 19.3 Å². The number of rotatable bonds is 8. The first-order valence-electron chi connectivity index (χ1n) is 10.0. The van der Waals surface area contributed by atoms with Crippen LogP contribution in [0.4, 0.5) is 5.95 Å². The molecule has 0 aliphatic heterocycles. The van der Waals surface area contributed by atoms with Crippen molar-refractivity contribution in [3.63, 3.8) is 0 Å². The third-order valence-electron chi connectivity index (χ3n) is 5.01. The maximum Gasteiger partial charge on any atom is 0.316 e. The van der Waals surface area contributed by atoms with E-state index in [-0.39, 0.29) is 17.4 Å². The van der Waals surface area contributed by atoms with Crippen LogP contribution in [-0.4, -0.2) is 16.7 Å². The number of nitrogens with one attached hydrogen (secondary N) is 1. The lowest BCUT2D eigenvalue weighted by molar-refractivity contribution is 0.401. The fourth-order valence-corrected chi connectivity index (χ4v) is 3.56. The summed E-state index contributed by atoms with van der Waals surface area (Å²) < 4.78 is 7.17. The van der Waals surface area contributed by atoms with Crippen LogP contribution < -0.4 is 15.6 Å². The number of ether oxygens (including phenoxy) is 1. The highest BCUT2D eigenvalue weighted by Gasteiger charge is 2.21. The summed E-state index contributed by atoms with van der Waals surface area (Å²) >= 11 is 0. The van der Waals surface area contributed by atoms with Gasteiger partial charge < -0.3 is 14.6 Å². The summed E-state index contributed by atoms with van der Waals surface area (Å²) in [6.45, 7) is 2.83. The summed E-state index contributed by atoms with van der Waals surface area (Å²) in [5.41, 5.74) is 2.33. The molecule has 0 saturated heterocycles. The molecular weight excluding hydrogens is 350 g/mol. The monoisotopic (exact) mass is 379 g/mol. The molecule has 1 aromatic heterocycles. The second-order valence-electron chi connectivity index (χ2n) is 6.97. The molecule has 3 rings (SSSR count). The molecule has 1 aliphatic carbocycles. The van der Waals surface area contributed by atoms with Gasteiger partial charge in [-0.1, -0.05) is 55.5 Å². The molecule has 0 fully saturated rings. The van der Waals surface area contributed by atoms with Crippen LogP contribution in [0.5, 0.6) is 5.75 Å². The number of hydrogen-bond donors (Lipinski definition) is 1. The average Bonchev–Trinajstić information content (AvgIpc) is 2.72. The lowest BCUT2D eigenvalue weighted by Gasteiger charge is -2.27. The fourth-order valence-electron chi connectivity index (χ4n) is 3.56. The maximum atomic E-state index is 12.2. The summed E-state index contributed by atoms with van der Waals surface area (Å²) in [6, 6.07) is 8.68. The predicted molar refractivity (Wildman–Crippen MR) is 114 cm³/mol. The third-order valence-corrected chi connectivity index (χ3v) is 5.01. The van der Waals surface area contributed by atoms with Crippen molar-refractivity contribution in [3.8, 4) is 5.75 Å². The van der Waals surface area contributed by atoms with Crippen LogP contribution in [0, 0.1) is 0 Å². The predicted octanol–water partition coefficient (Wildman–Crippen LogP) is 4.65. The molecule has 0 unspecified atom stereocenters. The topological polar surface area (TPSA) is 56.2 Å². The van der Waals surface area contributed by atoms with Crippen LogP contribution in [0.25, 0.3) is 0 Å². The molecule has 1 aliphatic rings. The lowest BCUT2D eigenvalue weighted by Crippen LogP contribution is -2.24. The Morgan fingerprint density at radius 2 is 2.11 bits per heavy atom. The van der Waals surface area contributed by atoms with Crippen LogP contribution in [-0.2, 0) is 13.0 Å². The first-order valence-corrected chi connectivity index (χ1v) is 10.0. The Morgan fingerprint density at radius 3 is 2.93 bits per heavy atom. The Morgan fingerprint density at radius 1 is 1.29 bits per heavy atom. The Bertz CT molecular complexity index is 899. The Kier molecular flexibility index (Phi) is 7.06. The van der Waals surface area contributed by atoms with Crippen molar-refractivity contribution in [2.75, 3.05) is 12.4 Å². The van der Waals surface area contributed by atoms with Gasteiger partial charge in [-0.05, 0) is 43.2 Å². The molecule has 1 heterocycles. The molecule has 0 bridgehead atoms. The van der Waals surface area contributed by atoms with Crippen LogP contribution >= 0.6 is 0 Å². The minimum absolute atomic E-state index is 0.166. The Hall–Kier alpha value is -2.82. The van der Waals surface area contributed by atoms with Gasteiger partial charge in [-0.25, -0.2) is 0 Å². The van der Waals surface area contributed by atoms with Crippen molar-refractivity contribution in [2.24, 2.45) is 0 Å². The van der Waals surface area contributed by atoms with Crippen LogP contribution in [0.15, 0.2) is 59.6 Å². The molecule has 0 saturated carbocycles. The number of anilines is 1. The first kappa shape index (κ1) is 19.9. The zero-order valence-corrected chi connectivity index (χ0v) is 16.7. The quantitative estimate of drug-likeness (QED) is 0.678. The van der Waals surface area contributed by atoms with E-state index in [1.165, 1.54) is 18.2 Å². The molecule has 0 amide bonds. The molecule has 1 aromatic carbocycles. The van der Waals surface area contributed by atoms with E-state index in [9.17, 15) is 4.79 Å². The highest BCUT2D eigenvalue weighted by atomic mass is 16.5. The summed E-state index contributed by atoms with van der Waals surface area (Å²) in [4.78, 5) is 16.5. The van der Waals surface area contributed by atoms with Crippen molar-refractivity contribution < 1.29 is 4.74 Å². The van der Waals surface area contributed by atoms with Crippen molar-refractivity contribution in [1.82, 2.24) is 9.55 Å². The van der Waals surface area contributed by atoms with Crippen LogP contribution in [0.1, 0.15) is 49.8 Å². The molecule has 2 aromatic rings. The van der Waals surface area contributed by atoms with E-state index in [4.69, 9.17) is 4.74 Å². The van der Waals surface area contributed by atoms with Crippen molar-refractivity contribution in [1.29, 1.82) is 0 Å². The summed E-state index contributed by atoms with van der Waals surface area (Å²) in [6.07, 6.45) is 15.2. The van der Waals surface area contributed by atoms with Crippen LogP contribution in [0.2, 0.25) is 0 Å². The van der Waals surface area contributed by atoms with E-state index in [1.807, 2.05) is 4.57 Å². The number of nitrogens with zero attached hydrogens (tertiary/aromatic N) is 2. The Balaban J connectivity index is 1.82. The highest BCUT2D eigenvalue weighted by Crippen LogP contribution is 2.31. The van der Waals surface area contributed by atoms with Gasteiger partial charge in [0, 0.05) is 6.54 Å². The van der Waals surface area contributed by atoms with Gasteiger partial charge in [0.15, 0.2) is 0 Å². The van der Waals surface area contributed by atoms with Gasteiger partial charge in [-0.3, -0.25) is 4.79 Å². The van der Waals surface area contributed by atoms with E-state index >= 15 is 0 Å². The largest absolute Gasteiger partial charge is 0.490 e. The second-order valence-corrected chi connectivity index (χ2v) is 6.97. The van der Waals surface area contributed by atoms with E-state index < -0.39 is 0 Å². The smallest absolute Gasteiger partial charge is 0.316 e. The lowest BCUT2D eigenvalue weighted by atomic mass is 9.88. The van der Waals surface area contributed by atoms with Crippen molar-refractivity contribution in [2.45, 2.75) is 51.6 Å². The third kappa shape index (κ3) is 4.91. The molecule has 1 N–H and O–H groups in total. The second kappa shape index (κ2) is 9.93. The van der Waals surface area contributed by atoms with Gasteiger partial charge in [0.25, 0.3) is 0 Å². The van der Waals surface area contributed by atoms with E-state index in [0.29, 0.717) is 5.95 Å². The number of aryl methyl sites for hydroxylation is 2. The summed E-state index contributed by atoms with van der Waals surface area (Å²) in [5, 5.41) is 3.52. The zero-order valence-electron chi connectivity index (χ0n) is 16.7. The fraction of sp³-hybridized carbons (Fsp3) is 0.391. The molecular formula is C23H29N3O2. The number of allylic oxidation sites excluding steroid dienone is 4. The zero-order chi connectivity index (χ0) is 19.8. The number of benzene rings is 1. The number of fused-ring (bicyclic) bond motifs is 1. The van der Waals surface area contributed by atoms with E-state index in [2.05, 4.69) is 65.8 Å². The standard InChI is InChI=1S/C23H29N3O2/c1-3-4-5-6-7-10-16-26-17-21(28-2)22(27)25-23(26)24-20-15-11-13-18-12-8-9-14-19(18)20/h4-9,12,14,17,20H,3,10-11,13,15-16H2,1-2H3,(H,24,25,27)/b5-4-,7-6-/t20-/m1/s1. The van der Waals surface area contributed by atoms with Gasteiger partial charge in [0.2, 0.25) is 11.7 Å². The molecule has 148 valence electrons. The number of aromatic nitrogens is 2. The van der Waals surface area contributed by atoms with Crippen molar-refractivity contribution in [3.05, 3.63) is 76.2 Å². The van der Waals surface area contributed by atoms with Gasteiger partial charge >= 0.3 is 5.56 Å². The molecule has 1 atom stereocenters. The Labute approximate surface area is 166 Å². The number of hydrogen-bond acceptors (Lipinski definition) is 4. The molecule has 28 heavy (non-hydrogen) atoms. The summed E-state index contributed by atoms with van der Waals surface area (Å²) in [5.74, 6) is 0.870. The maximum absolute atomic E-state index is 12.2. The van der Waals surface area contributed by atoms with Crippen LogP contribution in [0.3, 0.4) is 0 Å². The first-order chi connectivity index (χ1) is 13.7. The molecule has 5 nitrogen and oxygen atoms in total. The van der Waals surface area contributed by atoms with Crippen molar-refractivity contribution >= 4 is 5.95 Å². The highest BCUT2D eigenvalue weighted by molar-refractivity contribution is 5.40. The molecule has 5 heteroatoms.